The van der Waals surface area contributed by atoms with Gasteiger partial charge in [-0.3, -0.25) is 14.3 Å². The number of nitrogens with one attached hydrogen (secondary N) is 1. The van der Waals surface area contributed by atoms with Gasteiger partial charge in [-0.25, -0.2) is 18.3 Å². The Morgan fingerprint density at radius 3 is 2.59 bits per heavy atom. The van der Waals surface area contributed by atoms with Crippen LogP contribution >= 0.6 is 23.5 Å². The number of nitrogens with two attached hydrogens (primary N) is 2. The number of imidazole rings is 1. The number of rotatable bonds is 8. The molecule has 0 saturated carbocycles. The zero-order valence-electron chi connectivity index (χ0n) is 17.0. The molecule has 2 unspecified atom stereocenters. The van der Waals surface area contributed by atoms with Crippen molar-refractivity contribution in [2.75, 3.05) is 18.9 Å². The molecule has 188 valence electrons. The topological polar surface area (TPSA) is 276 Å². The van der Waals surface area contributed by atoms with E-state index in [2.05, 4.69) is 35.1 Å². The molecule has 21 heteroatoms. The third-order valence-electron chi connectivity index (χ3n) is 4.16. The Kier molecular flexibility index (Phi) is 7.80. The molecule has 0 bridgehead atoms. The third-order valence-corrected chi connectivity index (χ3v) is 7.96. The van der Waals surface area contributed by atoms with Gasteiger partial charge in [-0.05, 0) is 12.3 Å². The van der Waals surface area contributed by atoms with Crippen LogP contribution in [0.15, 0.2) is 11.1 Å². The number of anilines is 1. The Labute approximate surface area is 189 Å². The third kappa shape index (κ3) is 6.80. The molecule has 0 aliphatic carbocycles. The van der Waals surface area contributed by atoms with Gasteiger partial charge in [0.15, 0.2) is 6.23 Å². The highest BCUT2D eigenvalue weighted by Gasteiger charge is 2.42. The summed E-state index contributed by atoms with van der Waals surface area (Å²) in [5.74, 6) is 2.46. The smallest absolute Gasteiger partial charge is 0.355 e. The summed E-state index contributed by atoms with van der Waals surface area (Å²) in [5.41, 5.74) is 10.7. The van der Waals surface area contributed by atoms with Crippen LogP contribution in [0.2, 0.25) is 0 Å². The summed E-state index contributed by atoms with van der Waals surface area (Å²) in [5, 5.41) is 0. The van der Waals surface area contributed by atoms with Crippen LogP contribution in [0.4, 0.5) is 5.95 Å². The van der Waals surface area contributed by atoms with Gasteiger partial charge in [-0.1, -0.05) is 4.98 Å². The average Bonchev–Trinajstić information content (AvgIpc) is 3.26. The zero-order valence-corrected chi connectivity index (χ0v) is 19.6. The van der Waals surface area contributed by atoms with Gasteiger partial charge in [0.05, 0.1) is 25.3 Å². The molecule has 3 rings (SSSR count). The number of hydrogen-bond acceptors (Lipinski definition) is 11. The second-order valence-electron chi connectivity index (χ2n) is 6.69. The Bertz CT molecular complexity index is 1340. The molecule has 9 N–H and O–H groups in total. The van der Waals surface area contributed by atoms with Crippen molar-refractivity contribution in [1.82, 2.24) is 14.5 Å². The lowest BCUT2D eigenvalue weighted by Gasteiger charge is -2.18. The van der Waals surface area contributed by atoms with Crippen LogP contribution in [-0.4, -0.2) is 53.4 Å². The Balaban J connectivity index is 1.73. The predicted molar refractivity (Wildman–Crippen MR) is 110 cm³/mol. The lowest BCUT2D eigenvalue weighted by atomic mass is 10.2. The van der Waals surface area contributed by atoms with E-state index in [0.717, 1.165) is 0 Å². The first-order chi connectivity index (χ1) is 15.7. The normalized spacial score (nSPS) is 22.1. The molecule has 3 heterocycles. The van der Waals surface area contributed by atoms with E-state index in [-0.39, 0.29) is 30.1 Å². The summed E-state index contributed by atoms with van der Waals surface area (Å²) < 4.78 is 54.3. The summed E-state index contributed by atoms with van der Waals surface area (Å²) in [7, 11) is -16.4. The molecule has 18 nitrogen and oxygen atoms in total. The number of fused-ring (bicyclic) bond motifs is 1. The number of phosphoric acid groups is 3. The van der Waals surface area contributed by atoms with Gasteiger partial charge in [0.1, 0.15) is 0 Å². The molecule has 4 atom stereocenters. The molecule has 34 heavy (non-hydrogen) atoms. The number of hydrogen-bond donors (Lipinski definition) is 7. The fourth-order valence-corrected chi connectivity index (χ4v) is 6.08. The van der Waals surface area contributed by atoms with Crippen LogP contribution in [-0.2, 0) is 31.6 Å². The zero-order chi connectivity index (χ0) is 25.3. The van der Waals surface area contributed by atoms with Crippen molar-refractivity contribution >= 4 is 40.6 Å². The predicted octanol–water partition coefficient (Wildman–Crippen LogP) is -1.62. The van der Waals surface area contributed by atoms with Gasteiger partial charge in [-0.15, -0.1) is 0 Å². The Morgan fingerprint density at radius 2 is 1.94 bits per heavy atom. The molecule has 2 aromatic rings. The minimum absolute atomic E-state index is 0.0303. The number of ether oxygens (including phenoxy) is 1. The second-order valence-corrected chi connectivity index (χ2v) is 11.1. The minimum atomic E-state index is -5.62. The van der Waals surface area contributed by atoms with Crippen molar-refractivity contribution in [2.45, 2.75) is 25.2 Å². The first-order valence-electron chi connectivity index (χ1n) is 9.14. The number of H-pyrrole nitrogens is 1. The van der Waals surface area contributed by atoms with Gasteiger partial charge in [0.2, 0.25) is 6.33 Å². The SMILES string of the molecule is NCC#Cn1c[n+]([C@H]2CC[C@@H](COP(=O)(O)OP(=O)(O)OP(=O)(O)O)O2)c2nc(N)[nH]c(=O)c21. The highest BCUT2D eigenvalue weighted by Crippen LogP contribution is 2.66. The van der Waals surface area contributed by atoms with Gasteiger partial charge >= 0.3 is 29.1 Å². The van der Waals surface area contributed by atoms with E-state index in [1.165, 1.54) is 15.5 Å². The van der Waals surface area contributed by atoms with E-state index in [1.54, 1.807) is 0 Å². The molecule has 0 aromatic carbocycles. The fourth-order valence-electron chi connectivity index (χ4n) is 3.03. The molecule has 0 radical (unpaired) electrons. The van der Waals surface area contributed by atoms with E-state index in [1.807, 2.05) is 0 Å². The number of aromatic amines is 1. The molecular formula is C13H20N6O12P3+. The number of phosphoric ester groups is 1. The molecular weight excluding hydrogens is 525 g/mol. The summed E-state index contributed by atoms with van der Waals surface area (Å²) >= 11 is 0. The maximum Gasteiger partial charge on any atom is 0.490 e. The van der Waals surface area contributed by atoms with Crippen LogP contribution in [0.25, 0.3) is 11.2 Å². The maximum atomic E-state index is 12.3. The average molecular weight is 545 g/mol. The lowest BCUT2D eigenvalue weighted by molar-refractivity contribution is -0.738. The van der Waals surface area contributed by atoms with Crippen LogP contribution in [0.3, 0.4) is 0 Å². The monoisotopic (exact) mass is 545 g/mol. The van der Waals surface area contributed by atoms with Gasteiger partial charge in [-0.2, -0.15) is 13.2 Å². The lowest BCUT2D eigenvalue weighted by Crippen LogP contribution is -2.39. The number of aromatic nitrogens is 4. The Hall–Kier alpha value is -1.96. The van der Waals surface area contributed by atoms with Gasteiger partial charge in [0, 0.05) is 6.42 Å². The molecule has 1 aliphatic rings. The number of nitrogen functional groups attached to an aromatic ring is 1. The molecule has 1 saturated heterocycles. The summed E-state index contributed by atoms with van der Waals surface area (Å²) in [4.78, 5) is 54.6. The van der Waals surface area contributed by atoms with Gasteiger partial charge in [0.25, 0.3) is 17.0 Å². The van der Waals surface area contributed by atoms with Gasteiger partial charge < -0.3 is 35.8 Å². The highest BCUT2D eigenvalue weighted by molar-refractivity contribution is 7.66. The standard InChI is InChI=1S/C13H19N6O12P3/c14-4-1-5-18-7-19(11-10(18)12(20)17-13(15)16-11)9-3-2-8(29-9)6-28-33(24,25)31-34(26,27)30-32(21,22)23/h7-9H,2-4,6,14H2,(H6-,15,16,17,20,21,22,23,24,25,26,27)/p+1/t8-,9+/m0/s1. The van der Waals surface area contributed by atoms with Crippen molar-refractivity contribution in [1.29, 1.82) is 0 Å². The van der Waals surface area contributed by atoms with Crippen molar-refractivity contribution in [2.24, 2.45) is 5.73 Å². The van der Waals surface area contributed by atoms with Crippen LogP contribution in [0.5, 0.6) is 0 Å². The Morgan fingerprint density at radius 1 is 1.24 bits per heavy atom. The summed E-state index contributed by atoms with van der Waals surface area (Å²) in [6.45, 7) is -0.578. The summed E-state index contributed by atoms with van der Waals surface area (Å²) in [6, 6.07) is 2.67. The van der Waals surface area contributed by atoms with E-state index in [4.69, 9.17) is 26.0 Å². The number of nitrogens with zero attached hydrogens (tertiary/aromatic N) is 3. The van der Waals surface area contributed by atoms with E-state index in [9.17, 15) is 28.3 Å². The minimum Gasteiger partial charge on any atom is -0.355 e. The molecule has 0 amide bonds. The van der Waals surface area contributed by atoms with E-state index >= 15 is 0 Å². The largest absolute Gasteiger partial charge is 0.490 e. The first-order valence-corrected chi connectivity index (χ1v) is 13.7. The van der Waals surface area contributed by atoms with E-state index in [0.29, 0.717) is 6.42 Å². The fraction of sp³-hybridized carbons (Fsp3) is 0.462. The van der Waals surface area contributed by atoms with Crippen molar-refractivity contribution in [3.63, 3.8) is 0 Å². The summed E-state index contributed by atoms with van der Waals surface area (Å²) in [6.07, 6.45) is 0.478. The van der Waals surface area contributed by atoms with Crippen LogP contribution < -0.4 is 21.6 Å². The van der Waals surface area contributed by atoms with Crippen LogP contribution in [0.1, 0.15) is 19.1 Å². The maximum absolute atomic E-state index is 12.3. The molecule has 0 spiro atoms. The quantitative estimate of drug-likeness (QED) is 0.112. The van der Waals surface area contributed by atoms with Crippen molar-refractivity contribution in [3.8, 4) is 12.0 Å². The van der Waals surface area contributed by atoms with Crippen LogP contribution in [0, 0.1) is 12.0 Å². The molecule has 2 aromatic heterocycles. The first kappa shape index (κ1) is 26.6. The highest BCUT2D eigenvalue weighted by atomic mass is 31.3. The van der Waals surface area contributed by atoms with E-state index < -0.39 is 48.0 Å². The molecule has 1 aliphatic heterocycles. The van der Waals surface area contributed by atoms with Crippen molar-refractivity contribution < 1.29 is 55.7 Å². The van der Waals surface area contributed by atoms with Crippen molar-refractivity contribution in [3.05, 3.63) is 16.7 Å². The second kappa shape index (κ2) is 9.96. The molecule has 1 fully saturated rings.